The zero-order valence-corrected chi connectivity index (χ0v) is 14.0. The van der Waals surface area contributed by atoms with E-state index in [1.54, 1.807) is 11.7 Å². The molecule has 3 aromatic rings. The van der Waals surface area contributed by atoms with Crippen LogP contribution in [0.2, 0.25) is 0 Å². The van der Waals surface area contributed by atoms with Crippen LogP contribution in [0.5, 0.6) is 5.75 Å². The van der Waals surface area contributed by atoms with Crippen molar-refractivity contribution in [2.75, 3.05) is 7.11 Å². The quantitative estimate of drug-likeness (QED) is 0.667. The Morgan fingerprint density at radius 1 is 1.04 bits per heavy atom. The van der Waals surface area contributed by atoms with Crippen LogP contribution in [0.1, 0.15) is 25.6 Å². The van der Waals surface area contributed by atoms with E-state index in [0.29, 0.717) is 0 Å². The van der Waals surface area contributed by atoms with E-state index in [1.807, 2.05) is 63.4 Å². The molecule has 0 amide bonds. The first-order valence-electron chi connectivity index (χ1n) is 7.71. The minimum Gasteiger partial charge on any atom is -0.497 e. The lowest BCUT2D eigenvalue weighted by Gasteiger charge is -2.17. The molecule has 3 heteroatoms. The zero-order valence-electron chi connectivity index (χ0n) is 14.0. The first kappa shape index (κ1) is 15.3. The van der Waals surface area contributed by atoms with Crippen LogP contribution in [0.25, 0.3) is 22.0 Å². The summed E-state index contributed by atoms with van der Waals surface area (Å²) in [6, 6.07) is 16.0. The largest absolute Gasteiger partial charge is 0.497 e. The highest BCUT2D eigenvalue weighted by Crippen LogP contribution is 2.34. The van der Waals surface area contributed by atoms with Gasteiger partial charge in [0.15, 0.2) is 0 Å². The van der Waals surface area contributed by atoms with Crippen LogP contribution in [-0.4, -0.2) is 17.6 Å². The third-order valence-electron chi connectivity index (χ3n) is 3.96. The van der Waals surface area contributed by atoms with Crippen LogP contribution in [0, 0.1) is 5.41 Å². The average molecular weight is 307 g/mol. The molecular formula is C20H21NO2. The summed E-state index contributed by atoms with van der Waals surface area (Å²) < 4.78 is 7.08. The lowest BCUT2D eigenvalue weighted by molar-refractivity contribution is 0.0773. The Bertz CT molecular complexity index is 854. The van der Waals surface area contributed by atoms with Gasteiger partial charge in [0.1, 0.15) is 5.75 Å². The number of rotatable bonds is 2. The van der Waals surface area contributed by atoms with Gasteiger partial charge in [-0.1, -0.05) is 51.1 Å². The molecule has 118 valence electrons. The Morgan fingerprint density at radius 2 is 1.74 bits per heavy atom. The average Bonchev–Trinajstić information content (AvgIpc) is 2.92. The number of carbonyl (C=O) groups is 1. The highest BCUT2D eigenvalue weighted by molar-refractivity contribution is 6.03. The summed E-state index contributed by atoms with van der Waals surface area (Å²) in [6.07, 6.45) is 1.94. The molecule has 0 saturated heterocycles. The summed E-state index contributed by atoms with van der Waals surface area (Å²) in [5.74, 6) is 0.816. The van der Waals surface area contributed by atoms with Crippen LogP contribution >= 0.6 is 0 Å². The molecular weight excluding hydrogens is 286 g/mol. The van der Waals surface area contributed by atoms with Crippen molar-refractivity contribution in [1.82, 2.24) is 4.57 Å². The fourth-order valence-electron chi connectivity index (χ4n) is 2.71. The van der Waals surface area contributed by atoms with Crippen LogP contribution in [0.3, 0.4) is 0 Å². The molecule has 1 heterocycles. The van der Waals surface area contributed by atoms with Gasteiger partial charge in [0.05, 0.1) is 12.6 Å². The maximum Gasteiger partial charge on any atom is 0.236 e. The van der Waals surface area contributed by atoms with E-state index in [4.69, 9.17) is 4.74 Å². The maximum atomic E-state index is 12.8. The molecule has 3 nitrogen and oxygen atoms in total. The van der Waals surface area contributed by atoms with E-state index in [2.05, 4.69) is 12.1 Å². The molecule has 0 aliphatic carbocycles. The highest BCUT2D eigenvalue weighted by atomic mass is 16.5. The monoisotopic (exact) mass is 307 g/mol. The van der Waals surface area contributed by atoms with Gasteiger partial charge in [-0.3, -0.25) is 9.36 Å². The lowest BCUT2D eigenvalue weighted by Crippen LogP contribution is -2.26. The number of fused-ring (bicyclic) bond motifs is 1. The predicted molar refractivity (Wildman–Crippen MR) is 94.0 cm³/mol. The summed E-state index contributed by atoms with van der Waals surface area (Å²) in [5.41, 5.74) is 2.58. The maximum absolute atomic E-state index is 12.8. The van der Waals surface area contributed by atoms with Crippen molar-refractivity contribution < 1.29 is 9.53 Å². The zero-order chi connectivity index (χ0) is 16.6. The summed E-state index contributed by atoms with van der Waals surface area (Å²) in [6.45, 7) is 5.80. The number of hydrogen-bond acceptors (Lipinski definition) is 2. The second kappa shape index (κ2) is 5.58. The Hall–Kier alpha value is -2.55. The van der Waals surface area contributed by atoms with Crippen LogP contribution < -0.4 is 4.74 Å². The van der Waals surface area contributed by atoms with Gasteiger partial charge in [0.25, 0.3) is 0 Å². The highest BCUT2D eigenvalue weighted by Gasteiger charge is 2.25. The minimum atomic E-state index is -0.455. The van der Waals surface area contributed by atoms with Gasteiger partial charge in [-0.2, -0.15) is 0 Å². The number of hydrogen-bond donors (Lipinski definition) is 0. The minimum absolute atomic E-state index is 0.0675. The van der Waals surface area contributed by atoms with Crippen molar-refractivity contribution >= 4 is 16.8 Å². The summed E-state index contributed by atoms with van der Waals surface area (Å²) in [7, 11) is 1.64. The van der Waals surface area contributed by atoms with Crippen LogP contribution in [0.15, 0.2) is 54.7 Å². The molecule has 0 atom stereocenters. The summed E-state index contributed by atoms with van der Waals surface area (Å²) in [5, 5.41) is 1.05. The number of carbonyl (C=O) groups excluding carboxylic acids is 1. The molecule has 23 heavy (non-hydrogen) atoms. The first-order valence-corrected chi connectivity index (χ1v) is 7.71. The Labute approximate surface area is 136 Å². The lowest BCUT2D eigenvalue weighted by atomic mass is 9.95. The van der Waals surface area contributed by atoms with E-state index < -0.39 is 5.41 Å². The van der Waals surface area contributed by atoms with Gasteiger partial charge in [-0.05, 0) is 17.7 Å². The normalized spacial score (nSPS) is 11.7. The molecule has 0 saturated carbocycles. The molecule has 3 rings (SSSR count). The number of nitrogens with zero attached hydrogens (tertiary/aromatic N) is 1. The molecule has 0 aliphatic rings. The summed E-state index contributed by atoms with van der Waals surface area (Å²) in [4.78, 5) is 12.8. The fourth-order valence-corrected chi connectivity index (χ4v) is 2.71. The third kappa shape index (κ3) is 2.74. The number of ether oxygens (including phenoxy) is 1. The number of aromatic nitrogens is 1. The van der Waals surface area contributed by atoms with E-state index in [1.165, 1.54) is 0 Å². The van der Waals surface area contributed by atoms with Gasteiger partial charge >= 0.3 is 0 Å². The Kier molecular flexibility index (Phi) is 3.72. The molecule has 0 bridgehead atoms. The van der Waals surface area contributed by atoms with Gasteiger partial charge < -0.3 is 4.74 Å². The number of benzene rings is 2. The number of methoxy groups -OCH3 is 1. The summed E-state index contributed by atoms with van der Waals surface area (Å²) >= 11 is 0. The van der Waals surface area contributed by atoms with Gasteiger partial charge in [0.2, 0.25) is 5.91 Å². The Balaban J connectivity index is 2.29. The molecule has 0 fully saturated rings. The molecule has 2 aromatic carbocycles. The smallest absolute Gasteiger partial charge is 0.236 e. The topological polar surface area (TPSA) is 31.2 Å². The standard InChI is InChI=1S/C20H21NO2/c1-20(2,3)19(22)21-13-17(14-8-6-5-7-9-14)16-11-10-15(23-4)12-18(16)21/h5-13H,1-4H3. The van der Waals surface area contributed by atoms with Crippen molar-refractivity contribution in [2.45, 2.75) is 20.8 Å². The third-order valence-corrected chi connectivity index (χ3v) is 3.96. The second-order valence-corrected chi connectivity index (χ2v) is 6.72. The van der Waals surface area contributed by atoms with Gasteiger partial charge in [-0.15, -0.1) is 0 Å². The molecule has 1 aromatic heterocycles. The second-order valence-electron chi connectivity index (χ2n) is 6.72. The van der Waals surface area contributed by atoms with Gasteiger partial charge in [-0.25, -0.2) is 0 Å². The van der Waals surface area contributed by atoms with E-state index in [-0.39, 0.29) is 5.91 Å². The first-order chi connectivity index (χ1) is 10.9. The van der Waals surface area contributed by atoms with Gasteiger partial charge in [0, 0.05) is 28.6 Å². The molecule has 0 radical (unpaired) electrons. The van der Waals surface area contributed by atoms with Crippen molar-refractivity contribution in [3.63, 3.8) is 0 Å². The van der Waals surface area contributed by atoms with Crippen molar-refractivity contribution in [2.24, 2.45) is 5.41 Å². The van der Waals surface area contributed by atoms with E-state index in [0.717, 1.165) is 27.8 Å². The Morgan fingerprint density at radius 3 is 2.35 bits per heavy atom. The van der Waals surface area contributed by atoms with Crippen molar-refractivity contribution in [3.05, 3.63) is 54.7 Å². The van der Waals surface area contributed by atoms with Crippen LogP contribution in [0.4, 0.5) is 0 Å². The van der Waals surface area contributed by atoms with Crippen molar-refractivity contribution in [1.29, 1.82) is 0 Å². The predicted octanol–water partition coefficient (Wildman–Crippen LogP) is 5.00. The SMILES string of the molecule is COc1ccc2c(-c3ccccc3)cn(C(=O)C(C)(C)C)c2c1. The molecule has 0 unspecified atom stereocenters. The fraction of sp³-hybridized carbons (Fsp3) is 0.250. The molecule has 0 N–H and O–H groups in total. The van der Waals surface area contributed by atoms with Crippen molar-refractivity contribution in [3.8, 4) is 16.9 Å². The molecule has 0 aliphatic heterocycles. The van der Waals surface area contributed by atoms with E-state index in [9.17, 15) is 4.79 Å². The molecule has 0 spiro atoms. The van der Waals surface area contributed by atoms with Crippen LogP contribution in [-0.2, 0) is 0 Å². The van der Waals surface area contributed by atoms with E-state index >= 15 is 0 Å².